The molecule has 0 fully saturated rings. The van der Waals surface area contributed by atoms with Crippen LogP contribution < -0.4 is 0 Å². The molecule has 2 rings (SSSR count). The molecule has 190 valence electrons. The standard InChI is InChI=1S/C28H40O4.C2H6/c1-27(2,19-29)17-7-5-9-21-11-13-23(25(21)31)15-16-24-14-12-22(26(24)32)10-6-8-18-28(3,4)20-30;1-2/h11-16,29-30H,5-10,17-20H2,1-4H3;1-2H3/b16-15-;. The Balaban J connectivity index is 0.00000281. The van der Waals surface area contributed by atoms with E-state index in [9.17, 15) is 19.8 Å². The highest BCUT2D eigenvalue weighted by Gasteiger charge is 2.21. The SMILES string of the molecule is CC.CC(C)(CO)CCCCC1=CC=C(/C=C\C2=CC=C(CCCCC(C)(C)CO)C2=O)C1=O. The second kappa shape index (κ2) is 14.4. The second-order valence-electron chi connectivity index (χ2n) is 10.7. The molecule has 0 aromatic heterocycles. The molecule has 2 aliphatic carbocycles. The number of rotatable bonds is 14. The van der Waals surface area contributed by atoms with Crippen LogP contribution in [0.5, 0.6) is 0 Å². The average molecular weight is 471 g/mol. The van der Waals surface area contributed by atoms with Gasteiger partial charge in [0.2, 0.25) is 0 Å². The largest absolute Gasteiger partial charge is 0.396 e. The first-order valence-electron chi connectivity index (χ1n) is 12.9. The Morgan fingerprint density at radius 2 is 1.00 bits per heavy atom. The molecular formula is C30H46O4. The van der Waals surface area contributed by atoms with E-state index in [1.165, 1.54) is 0 Å². The van der Waals surface area contributed by atoms with Crippen molar-refractivity contribution in [1.29, 1.82) is 0 Å². The lowest BCUT2D eigenvalue weighted by molar-refractivity contribution is -0.112. The molecule has 0 atom stereocenters. The minimum Gasteiger partial charge on any atom is -0.396 e. The molecule has 2 aliphatic rings. The summed E-state index contributed by atoms with van der Waals surface area (Å²) in [4.78, 5) is 25.2. The van der Waals surface area contributed by atoms with E-state index in [2.05, 4.69) is 27.7 Å². The number of carbonyl (C=O) groups is 2. The van der Waals surface area contributed by atoms with Crippen molar-refractivity contribution in [2.45, 2.75) is 92.9 Å². The molecule has 0 unspecified atom stereocenters. The number of Topliss-reactive ketones (excluding diaryl/α,β-unsaturated/α-hetero) is 2. The topological polar surface area (TPSA) is 74.6 Å². The van der Waals surface area contributed by atoms with Gasteiger partial charge in [-0.1, -0.05) is 90.8 Å². The Hall–Kier alpha value is -2.04. The smallest absolute Gasteiger partial charge is 0.189 e. The van der Waals surface area contributed by atoms with Crippen LogP contribution in [0.15, 0.2) is 58.7 Å². The summed E-state index contributed by atoms with van der Waals surface area (Å²) in [7, 11) is 0. The number of unbranched alkanes of at least 4 members (excludes halogenated alkanes) is 2. The summed E-state index contributed by atoms with van der Waals surface area (Å²) in [5.74, 6) is 0.0989. The Kier molecular flexibility index (Phi) is 12.7. The van der Waals surface area contributed by atoms with E-state index in [1.807, 2.05) is 38.2 Å². The van der Waals surface area contributed by atoms with Gasteiger partial charge in [-0.25, -0.2) is 0 Å². The highest BCUT2D eigenvalue weighted by atomic mass is 16.3. The summed E-state index contributed by atoms with van der Waals surface area (Å²) in [5, 5.41) is 18.7. The van der Waals surface area contributed by atoms with Crippen molar-refractivity contribution in [3.63, 3.8) is 0 Å². The molecule has 4 nitrogen and oxygen atoms in total. The van der Waals surface area contributed by atoms with Crippen LogP contribution in [0.2, 0.25) is 0 Å². The molecule has 0 saturated carbocycles. The minimum atomic E-state index is -0.0648. The van der Waals surface area contributed by atoms with Gasteiger partial charge in [-0.15, -0.1) is 0 Å². The molecule has 0 bridgehead atoms. The number of hydrogen-bond acceptors (Lipinski definition) is 4. The molecule has 4 heteroatoms. The van der Waals surface area contributed by atoms with E-state index in [1.54, 1.807) is 12.2 Å². The number of allylic oxidation sites excluding steroid dienone is 10. The fourth-order valence-electron chi connectivity index (χ4n) is 3.89. The van der Waals surface area contributed by atoms with Crippen LogP contribution in [-0.2, 0) is 9.59 Å². The van der Waals surface area contributed by atoms with E-state index < -0.39 is 0 Å². The molecule has 0 saturated heterocycles. The van der Waals surface area contributed by atoms with Crippen LogP contribution in [0, 0.1) is 10.8 Å². The minimum absolute atomic E-state index is 0.0494. The zero-order valence-corrected chi connectivity index (χ0v) is 22.2. The molecule has 0 spiro atoms. The molecular weight excluding hydrogens is 424 g/mol. The third kappa shape index (κ3) is 9.68. The normalized spacial score (nSPS) is 16.4. The summed E-state index contributed by atoms with van der Waals surface area (Å²) in [6.07, 6.45) is 18.2. The predicted octanol–water partition coefficient (Wildman–Crippen LogP) is 6.60. The van der Waals surface area contributed by atoms with Gasteiger partial charge in [-0.2, -0.15) is 0 Å². The third-order valence-electron chi connectivity index (χ3n) is 6.43. The lowest BCUT2D eigenvalue weighted by atomic mass is 9.87. The maximum Gasteiger partial charge on any atom is 0.189 e. The molecule has 0 heterocycles. The van der Waals surface area contributed by atoms with Gasteiger partial charge in [0, 0.05) is 35.5 Å². The van der Waals surface area contributed by atoms with Crippen molar-refractivity contribution < 1.29 is 19.8 Å². The van der Waals surface area contributed by atoms with Crippen LogP contribution in [0.1, 0.15) is 92.9 Å². The number of aliphatic hydroxyl groups is 2. The fourth-order valence-corrected chi connectivity index (χ4v) is 3.89. The molecule has 0 aliphatic heterocycles. The molecule has 0 radical (unpaired) electrons. The van der Waals surface area contributed by atoms with Crippen LogP contribution >= 0.6 is 0 Å². The van der Waals surface area contributed by atoms with Gasteiger partial charge in [-0.05, 0) is 49.4 Å². The molecule has 0 aromatic rings. The number of aliphatic hydroxyl groups excluding tert-OH is 2. The van der Waals surface area contributed by atoms with E-state index in [-0.39, 0.29) is 35.6 Å². The van der Waals surface area contributed by atoms with Gasteiger partial charge in [0.1, 0.15) is 0 Å². The van der Waals surface area contributed by atoms with Gasteiger partial charge in [0.15, 0.2) is 11.6 Å². The van der Waals surface area contributed by atoms with E-state index in [0.29, 0.717) is 11.1 Å². The van der Waals surface area contributed by atoms with E-state index >= 15 is 0 Å². The summed E-state index contributed by atoms with van der Waals surface area (Å²) in [5.41, 5.74) is 2.77. The van der Waals surface area contributed by atoms with Gasteiger partial charge in [0.05, 0.1) is 0 Å². The van der Waals surface area contributed by atoms with Crippen molar-refractivity contribution >= 4 is 11.6 Å². The number of carbonyl (C=O) groups excluding carboxylic acids is 2. The van der Waals surface area contributed by atoms with Gasteiger partial charge in [0.25, 0.3) is 0 Å². The Morgan fingerprint density at radius 3 is 1.32 bits per heavy atom. The van der Waals surface area contributed by atoms with Crippen molar-refractivity contribution in [2.24, 2.45) is 10.8 Å². The number of hydrogen-bond donors (Lipinski definition) is 2. The van der Waals surface area contributed by atoms with Crippen LogP contribution in [0.25, 0.3) is 0 Å². The second-order valence-corrected chi connectivity index (χ2v) is 10.7. The molecule has 34 heavy (non-hydrogen) atoms. The quantitative estimate of drug-likeness (QED) is 0.281. The zero-order chi connectivity index (χ0) is 25.8. The van der Waals surface area contributed by atoms with Gasteiger partial charge in [-0.3, -0.25) is 9.59 Å². The lowest BCUT2D eigenvalue weighted by Crippen LogP contribution is -2.16. The zero-order valence-electron chi connectivity index (χ0n) is 22.2. The van der Waals surface area contributed by atoms with Crippen molar-refractivity contribution in [2.75, 3.05) is 13.2 Å². The highest BCUT2D eigenvalue weighted by Crippen LogP contribution is 2.28. The summed E-state index contributed by atoms with van der Waals surface area (Å²) >= 11 is 0. The monoisotopic (exact) mass is 470 g/mol. The van der Waals surface area contributed by atoms with Gasteiger partial charge < -0.3 is 10.2 Å². The predicted molar refractivity (Wildman–Crippen MR) is 142 cm³/mol. The summed E-state index contributed by atoms with van der Waals surface area (Å²) < 4.78 is 0. The lowest BCUT2D eigenvalue weighted by Gasteiger charge is -2.21. The Labute approximate surface area is 207 Å². The maximum absolute atomic E-state index is 12.6. The highest BCUT2D eigenvalue weighted by molar-refractivity contribution is 6.15. The first-order chi connectivity index (χ1) is 16.1. The summed E-state index contributed by atoms with van der Waals surface area (Å²) in [6, 6.07) is 0. The molecule has 2 N–H and O–H groups in total. The van der Waals surface area contributed by atoms with Gasteiger partial charge >= 0.3 is 0 Å². The van der Waals surface area contributed by atoms with Crippen LogP contribution in [-0.4, -0.2) is 35.0 Å². The average Bonchev–Trinajstić information content (AvgIpc) is 3.36. The first kappa shape index (κ1) is 30.0. The van der Waals surface area contributed by atoms with Crippen LogP contribution in [0.3, 0.4) is 0 Å². The maximum atomic E-state index is 12.6. The van der Waals surface area contributed by atoms with E-state index in [4.69, 9.17) is 0 Å². The van der Waals surface area contributed by atoms with Crippen molar-refractivity contribution in [3.05, 3.63) is 58.7 Å². The Bertz CT molecular complexity index is 777. The third-order valence-corrected chi connectivity index (χ3v) is 6.43. The van der Waals surface area contributed by atoms with Crippen molar-refractivity contribution in [1.82, 2.24) is 0 Å². The van der Waals surface area contributed by atoms with E-state index in [0.717, 1.165) is 62.5 Å². The Morgan fingerprint density at radius 1 is 0.647 bits per heavy atom. The summed E-state index contributed by atoms with van der Waals surface area (Å²) in [6.45, 7) is 12.6. The number of ketones is 2. The molecule has 0 amide bonds. The first-order valence-corrected chi connectivity index (χ1v) is 12.9. The van der Waals surface area contributed by atoms with Crippen molar-refractivity contribution in [3.8, 4) is 0 Å². The van der Waals surface area contributed by atoms with Crippen LogP contribution in [0.4, 0.5) is 0 Å². The fraction of sp³-hybridized carbons (Fsp3) is 0.600. The molecule has 0 aromatic carbocycles.